The van der Waals surface area contributed by atoms with Crippen molar-refractivity contribution in [1.29, 1.82) is 0 Å². The molecule has 1 rings (SSSR count). The summed E-state index contributed by atoms with van der Waals surface area (Å²) in [5.41, 5.74) is 6.87. The molecule has 0 fully saturated rings. The second-order valence-electron chi connectivity index (χ2n) is 2.20. The zero-order valence-corrected chi connectivity index (χ0v) is 7.81. The number of nitrogens with two attached hydrogens (primary N) is 1. The SMILES string of the molecule is Cl.N[C@@H](CS)c1ccccc1. The first-order chi connectivity index (χ1) is 4.84. The number of hydrogen-bond donors (Lipinski definition) is 2. The Bertz CT molecular complexity index is 191. The van der Waals surface area contributed by atoms with E-state index in [2.05, 4.69) is 12.6 Å². The van der Waals surface area contributed by atoms with Gasteiger partial charge in [0.25, 0.3) is 0 Å². The van der Waals surface area contributed by atoms with E-state index >= 15 is 0 Å². The predicted molar refractivity (Wildman–Crippen MR) is 54.5 cm³/mol. The van der Waals surface area contributed by atoms with E-state index in [1.54, 1.807) is 0 Å². The fourth-order valence-electron chi connectivity index (χ4n) is 0.806. The molecular formula is C8H12ClNS. The first-order valence-electron chi connectivity index (χ1n) is 3.26. The zero-order chi connectivity index (χ0) is 7.40. The average molecular weight is 190 g/mol. The van der Waals surface area contributed by atoms with Crippen LogP contribution in [0.1, 0.15) is 11.6 Å². The third kappa shape index (κ3) is 3.14. The number of halogens is 1. The maximum atomic E-state index is 5.72. The first-order valence-corrected chi connectivity index (χ1v) is 3.89. The number of rotatable bonds is 2. The lowest BCUT2D eigenvalue weighted by molar-refractivity contribution is 0.834. The van der Waals surface area contributed by atoms with Crippen LogP contribution in [0.15, 0.2) is 30.3 Å². The highest BCUT2D eigenvalue weighted by atomic mass is 35.5. The van der Waals surface area contributed by atoms with Crippen LogP contribution in [0.2, 0.25) is 0 Å². The van der Waals surface area contributed by atoms with E-state index < -0.39 is 0 Å². The van der Waals surface area contributed by atoms with Gasteiger partial charge in [0.05, 0.1) is 0 Å². The molecule has 62 valence electrons. The maximum absolute atomic E-state index is 5.72. The zero-order valence-electron chi connectivity index (χ0n) is 6.10. The van der Waals surface area contributed by atoms with Crippen molar-refractivity contribution >= 4 is 25.0 Å². The van der Waals surface area contributed by atoms with Crippen LogP contribution >= 0.6 is 25.0 Å². The summed E-state index contributed by atoms with van der Waals surface area (Å²) in [6, 6.07) is 10.1. The predicted octanol–water partition coefficient (Wildman–Crippen LogP) is 2.04. The Hall–Kier alpha value is -0.180. The molecule has 1 nitrogen and oxygen atoms in total. The van der Waals surface area contributed by atoms with Gasteiger partial charge in [-0.3, -0.25) is 0 Å². The largest absolute Gasteiger partial charge is 0.323 e. The van der Waals surface area contributed by atoms with Gasteiger partial charge in [0, 0.05) is 11.8 Å². The van der Waals surface area contributed by atoms with Gasteiger partial charge in [-0.2, -0.15) is 12.6 Å². The smallest absolute Gasteiger partial charge is 0.0384 e. The van der Waals surface area contributed by atoms with Crippen LogP contribution in [0, 0.1) is 0 Å². The normalized spacial score (nSPS) is 11.8. The molecule has 0 bridgehead atoms. The summed E-state index contributed by atoms with van der Waals surface area (Å²) in [6.07, 6.45) is 0. The molecule has 0 aromatic heterocycles. The van der Waals surface area contributed by atoms with Gasteiger partial charge < -0.3 is 5.73 Å². The molecule has 0 unspecified atom stereocenters. The van der Waals surface area contributed by atoms with Crippen LogP contribution in [0.3, 0.4) is 0 Å². The molecule has 0 radical (unpaired) electrons. The quantitative estimate of drug-likeness (QED) is 0.685. The van der Waals surface area contributed by atoms with Crippen LogP contribution in [0.25, 0.3) is 0 Å². The second kappa shape index (κ2) is 5.47. The van der Waals surface area contributed by atoms with Crippen LogP contribution in [0.4, 0.5) is 0 Å². The van der Waals surface area contributed by atoms with Crippen molar-refractivity contribution in [2.75, 3.05) is 5.75 Å². The Morgan fingerprint density at radius 2 is 1.82 bits per heavy atom. The Labute approximate surface area is 78.8 Å². The molecule has 0 amide bonds. The summed E-state index contributed by atoms with van der Waals surface area (Å²) in [4.78, 5) is 0. The van der Waals surface area contributed by atoms with Crippen molar-refractivity contribution in [2.24, 2.45) is 5.73 Å². The minimum Gasteiger partial charge on any atom is -0.323 e. The first kappa shape index (κ1) is 10.8. The molecule has 0 aliphatic heterocycles. The average Bonchev–Trinajstić information content (AvgIpc) is 2.05. The summed E-state index contributed by atoms with van der Waals surface area (Å²) in [5, 5.41) is 0. The molecule has 11 heavy (non-hydrogen) atoms. The van der Waals surface area contributed by atoms with Gasteiger partial charge in [0.15, 0.2) is 0 Å². The van der Waals surface area contributed by atoms with Crippen molar-refractivity contribution < 1.29 is 0 Å². The third-order valence-corrected chi connectivity index (χ3v) is 1.82. The molecule has 0 aliphatic rings. The van der Waals surface area contributed by atoms with E-state index in [1.807, 2.05) is 30.3 Å². The monoisotopic (exact) mass is 189 g/mol. The summed E-state index contributed by atoms with van der Waals surface area (Å²) in [6.45, 7) is 0. The van der Waals surface area contributed by atoms with Gasteiger partial charge >= 0.3 is 0 Å². The second-order valence-corrected chi connectivity index (χ2v) is 2.56. The molecule has 1 aromatic carbocycles. The van der Waals surface area contributed by atoms with Gasteiger partial charge in [-0.1, -0.05) is 30.3 Å². The molecule has 0 saturated carbocycles. The van der Waals surface area contributed by atoms with Gasteiger partial charge in [-0.05, 0) is 5.56 Å². The highest BCUT2D eigenvalue weighted by Crippen LogP contribution is 2.09. The molecular weight excluding hydrogens is 178 g/mol. The van der Waals surface area contributed by atoms with Crippen LogP contribution < -0.4 is 5.73 Å². The summed E-state index contributed by atoms with van der Waals surface area (Å²) in [7, 11) is 0. The molecule has 0 saturated heterocycles. The topological polar surface area (TPSA) is 26.0 Å². The van der Waals surface area contributed by atoms with Gasteiger partial charge in [0.1, 0.15) is 0 Å². The van der Waals surface area contributed by atoms with Gasteiger partial charge in [-0.25, -0.2) is 0 Å². The molecule has 2 N–H and O–H groups in total. The highest BCUT2D eigenvalue weighted by Gasteiger charge is 1.99. The van der Waals surface area contributed by atoms with E-state index in [1.165, 1.54) is 0 Å². The van der Waals surface area contributed by atoms with Crippen molar-refractivity contribution in [2.45, 2.75) is 6.04 Å². The Kier molecular flexibility index (Phi) is 5.38. The number of hydrogen-bond acceptors (Lipinski definition) is 2. The number of thiol groups is 1. The highest BCUT2D eigenvalue weighted by molar-refractivity contribution is 7.80. The molecule has 0 aliphatic carbocycles. The maximum Gasteiger partial charge on any atom is 0.0384 e. The Morgan fingerprint density at radius 1 is 1.27 bits per heavy atom. The Morgan fingerprint density at radius 3 is 2.27 bits per heavy atom. The summed E-state index contributed by atoms with van der Waals surface area (Å²) >= 11 is 4.10. The van der Waals surface area contributed by atoms with E-state index in [4.69, 9.17) is 5.73 Å². The fraction of sp³-hybridized carbons (Fsp3) is 0.250. The van der Waals surface area contributed by atoms with Crippen molar-refractivity contribution in [3.05, 3.63) is 35.9 Å². The van der Waals surface area contributed by atoms with Crippen LogP contribution in [-0.4, -0.2) is 5.75 Å². The molecule has 1 atom stereocenters. The molecule has 0 spiro atoms. The molecule has 0 heterocycles. The lowest BCUT2D eigenvalue weighted by Crippen LogP contribution is -2.10. The third-order valence-electron chi connectivity index (χ3n) is 1.42. The van der Waals surface area contributed by atoms with E-state index in [0.29, 0.717) is 5.75 Å². The van der Waals surface area contributed by atoms with Crippen molar-refractivity contribution in [1.82, 2.24) is 0 Å². The van der Waals surface area contributed by atoms with E-state index in [0.717, 1.165) is 5.56 Å². The standard InChI is InChI=1S/C8H11NS.ClH/c9-8(6-10)7-4-2-1-3-5-7;/h1-5,8,10H,6,9H2;1H/t8-;/m0./s1. The minimum absolute atomic E-state index is 0. The van der Waals surface area contributed by atoms with E-state index in [-0.39, 0.29) is 18.4 Å². The summed E-state index contributed by atoms with van der Waals surface area (Å²) < 4.78 is 0. The summed E-state index contributed by atoms with van der Waals surface area (Å²) in [5.74, 6) is 0.698. The Balaban J connectivity index is 0.000001000. The lowest BCUT2D eigenvalue weighted by Gasteiger charge is -2.06. The molecule has 1 aromatic rings. The lowest BCUT2D eigenvalue weighted by atomic mass is 10.1. The van der Waals surface area contributed by atoms with Gasteiger partial charge in [0.2, 0.25) is 0 Å². The number of benzene rings is 1. The van der Waals surface area contributed by atoms with Crippen LogP contribution in [0.5, 0.6) is 0 Å². The van der Waals surface area contributed by atoms with Crippen molar-refractivity contribution in [3.63, 3.8) is 0 Å². The fourth-order valence-corrected chi connectivity index (χ4v) is 1.02. The minimum atomic E-state index is 0. The van der Waals surface area contributed by atoms with Crippen molar-refractivity contribution in [3.8, 4) is 0 Å². The van der Waals surface area contributed by atoms with E-state index in [9.17, 15) is 0 Å². The molecule has 3 heteroatoms. The van der Waals surface area contributed by atoms with Crippen LogP contribution in [-0.2, 0) is 0 Å². The van der Waals surface area contributed by atoms with Gasteiger partial charge in [-0.15, -0.1) is 12.4 Å².